The molecule has 1 aliphatic heterocycles. The number of rotatable bonds is 3. The molecule has 0 unspecified atom stereocenters. The number of hydrogen-bond acceptors (Lipinski definition) is 3. The first-order valence-corrected chi connectivity index (χ1v) is 6.48. The van der Waals surface area contributed by atoms with Crippen LogP contribution in [0.4, 0.5) is 0 Å². The van der Waals surface area contributed by atoms with Gasteiger partial charge in [0, 0.05) is 24.1 Å². The summed E-state index contributed by atoms with van der Waals surface area (Å²) in [5, 5.41) is 3.52. The van der Waals surface area contributed by atoms with E-state index in [1.807, 2.05) is 25.6 Å². The summed E-state index contributed by atoms with van der Waals surface area (Å²) in [4.78, 5) is 8.62. The average Bonchev–Trinajstić information content (AvgIpc) is 3.02. The standard InChI is InChI=1S/C14H18N4/c1-11-4-5-12(7-17-11)9-18-10-15-8-14(18)13-3-2-6-16-13/h4-5,7-8,10,13,16H,2-3,6,9H2,1H3/t13-/m0/s1. The molecule has 4 nitrogen and oxygen atoms in total. The molecule has 1 saturated heterocycles. The maximum atomic E-state index is 4.34. The Bertz CT molecular complexity index is 509. The highest BCUT2D eigenvalue weighted by atomic mass is 15.1. The molecule has 0 saturated carbocycles. The van der Waals surface area contributed by atoms with Crippen molar-refractivity contribution < 1.29 is 0 Å². The third kappa shape index (κ3) is 2.29. The molecule has 3 heterocycles. The minimum Gasteiger partial charge on any atom is -0.329 e. The number of nitrogens with zero attached hydrogens (tertiary/aromatic N) is 3. The zero-order valence-electron chi connectivity index (χ0n) is 10.6. The second kappa shape index (κ2) is 4.90. The van der Waals surface area contributed by atoms with Gasteiger partial charge in [-0.3, -0.25) is 4.98 Å². The van der Waals surface area contributed by atoms with Crippen LogP contribution in [0.25, 0.3) is 0 Å². The summed E-state index contributed by atoms with van der Waals surface area (Å²) in [5.74, 6) is 0. The summed E-state index contributed by atoms with van der Waals surface area (Å²) in [5.41, 5.74) is 3.56. The lowest BCUT2D eigenvalue weighted by Crippen LogP contribution is -2.17. The highest BCUT2D eigenvalue weighted by molar-refractivity contribution is 5.16. The Hall–Kier alpha value is -1.68. The zero-order chi connectivity index (χ0) is 12.4. The van der Waals surface area contributed by atoms with Crippen LogP contribution in [0.3, 0.4) is 0 Å². The van der Waals surface area contributed by atoms with Gasteiger partial charge in [-0.25, -0.2) is 4.98 Å². The highest BCUT2D eigenvalue weighted by Gasteiger charge is 2.19. The van der Waals surface area contributed by atoms with E-state index in [0.717, 1.165) is 18.8 Å². The van der Waals surface area contributed by atoms with Crippen molar-refractivity contribution in [1.82, 2.24) is 19.9 Å². The molecule has 0 radical (unpaired) electrons. The van der Waals surface area contributed by atoms with Gasteiger partial charge in [-0.2, -0.15) is 0 Å². The minimum absolute atomic E-state index is 0.464. The molecule has 1 atom stereocenters. The molecule has 3 rings (SSSR count). The molecule has 94 valence electrons. The number of pyridine rings is 1. The van der Waals surface area contributed by atoms with Crippen LogP contribution in [0.1, 0.15) is 35.8 Å². The van der Waals surface area contributed by atoms with E-state index >= 15 is 0 Å². The molecule has 1 N–H and O–H groups in total. The van der Waals surface area contributed by atoms with Crippen molar-refractivity contribution in [2.75, 3.05) is 6.54 Å². The lowest BCUT2D eigenvalue weighted by atomic mass is 10.1. The average molecular weight is 242 g/mol. The fourth-order valence-electron chi connectivity index (χ4n) is 2.48. The van der Waals surface area contributed by atoms with Crippen LogP contribution < -0.4 is 5.32 Å². The predicted molar refractivity (Wildman–Crippen MR) is 70.3 cm³/mol. The van der Waals surface area contributed by atoms with Crippen molar-refractivity contribution in [2.24, 2.45) is 0 Å². The van der Waals surface area contributed by atoms with Gasteiger partial charge in [0.15, 0.2) is 0 Å². The Kier molecular flexibility index (Phi) is 3.11. The van der Waals surface area contributed by atoms with Gasteiger partial charge in [0.2, 0.25) is 0 Å². The van der Waals surface area contributed by atoms with Crippen molar-refractivity contribution in [3.63, 3.8) is 0 Å². The first-order valence-electron chi connectivity index (χ1n) is 6.48. The smallest absolute Gasteiger partial charge is 0.0951 e. The summed E-state index contributed by atoms with van der Waals surface area (Å²) in [7, 11) is 0. The van der Waals surface area contributed by atoms with Crippen LogP contribution in [-0.4, -0.2) is 21.1 Å². The third-order valence-electron chi connectivity index (χ3n) is 3.49. The molecule has 4 heteroatoms. The van der Waals surface area contributed by atoms with Crippen molar-refractivity contribution >= 4 is 0 Å². The molecule has 0 aromatic carbocycles. The molecule has 0 spiro atoms. The van der Waals surface area contributed by atoms with Gasteiger partial charge in [-0.1, -0.05) is 6.07 Å². The monoisotopic (exact) mass is 242 g/mol. The number of nitrogens with one attached hydrogen (secondary N) is 1. The Morgan fingerprint density at radius 1 is 1.39 bits per heavy atom. The lowest BCUT2D eigenvalue weighted by molar-refractivity contribution is 0.584. The second-order valence-corrected chi connectivity index (χ2v) is 4.90. The lowest BCUT2D eigenvalue weighted by Gasteiger charge is -2.13. The fraction of sp³-hybridized carbons (Fsp3) is 0.429. The molecule has 0 aliphatic carbocycles. The number of imidazole rings is 1. The summed E-state index contributed by atoms with van der Waals surface area (Å²) in [6, 6.07) is 4.65. The Morgan fingerprint density at radius 2 is 2.33 bits per heavy atom. The largest absolute Gasteiger partial charge is 0.329 e. The van der Waals surface area contributed by atoms with Gasteiger partial charge in [0.1, 0.15) is 0 Å². The SMILES string of the molecule is Cc1ccc(Cn2cncc2[C@@H]2CCCN2)cn1. The maximum absolute atomic E-state index is 4.34. The van der Waals surface area contributed by atoms with Gasteiger partial charge in [-0.05, 0) is 37.9 Å². The van der Waals surface area contributed by atoms with Crippen LogP contribution in [-0.2, 0) is 6.54 Å². The quantitative estimate of drug-likeness (QED) is 0.896. The zero-order valence-corrected chi connectivity index (χ0v) is 10.6. The van der Waals surface area contributed by atoms with Crippen LogP contribution in [0.15, 0.2) is 30.9 Å². The third-order valence-corrected chi connectivity index (χ3v) is 3.49. The van der Waals surface area contributed by atoms with Crippen LogP contribution in [0.2, 0.25) is 0 Å². The van der Waals surface area contributed by atoms with E-state index in [9.17, 15) is 0 Å². The van der Waals surface area contributed by atoms with E-state index in [1.165, 1.54) is 24.1 Å². The minimum atomic E-state index is 0.464. The molecular weight excluding hydrogens is 224 g/mol. The maximum Gasteiger partial charge on any atom is 0.0951 e. The summed E-state index contributed by atoms with van der Waals surface area (Å²) in [6.45, 7) is 3.97. The van der Waals surface area contributed by atoms with Crippen molar-refractivity contribution in [2.45, 2.75) is 32.4 Å². The van der Waals surface area contributed by atoms with E-state index in [4.69, 9.17) is 0 Å². The van der Waals surface area contributed by atoms with E-state index in [-0.39, 0.29) is 0 Å². The molecule has 0 bridgehead atoms. The normalized spacial score (nSPS) is 19.3. The van der Waals surface area contributed by atoms with E-state index in [0.29, 0.717) is 6.04 Å². The van der Waals surface area contributed by atoms with Gasteiger partial charge >= 0.3 is 0 Å². The fourth-order valence-corrected chi connectivity index (χ4v) is 2.48. The van der Waals surface area contributed by atoms with Gasteiger partial charge < -0.3 is 9.88 Å². The first-order chi connectivity index (χ1) is 8.83. The van der Waals surface area contributed by atoms with Crippen molar-refractivity contribution in [1.29, 1.82) is 0 Å². The van der Waals surface area contributed by atoms with Gasteiger partial charge in [0.05, 0.1) is 18.6 Å². The van der Waals surface area contributed by atoms with Crippen LogP contribution >= 0.6 is 0 Å². The van der Waals surface area contributed by atoms with E-state index in [2.05, 4.69) is 32.0 Å². The second-order valence-electron chi connectivity index (χ2n) is 4.90. The van der Waals surface area contributed by atoms with E-state index in [1.54, 1.807) is 0 Å². The molecular formula is C14H18N4. The van der Waals surface area contributed by atoms with Gasteiger partial charge in [-0.15, -0.1) is 0 Å². The summed E-state index contributed by atoms with van der Waals surface area (Å²) in [6.07, 6.45) is 8.29. The van der Waals surface area contributed by atoms with Crippen molar-refractivity contribution in [3.8, 4) is 0 Å². The highest BCUT2D eigenvalue weighted by Crippen LogP contribution is 2.23. The number of hydrogen-bond donors (Lipinski definition) is 1. The molecule has 18 heavy (non-hydrogen) atoms. The first kappa shape index (κ1) is 11.4. The Balaban J connectivity index is 1.80. The summed E-state index contributed by atoms with van der Waals surface area (Å²) >= 11 is 0. The van der Waals surface area contributed by atoms with E-state index < -0.39 is 0 Å². The topological polar surface area (TPSA) is 42.7 Å². The van der Waals surface area contributed by atoms with Crippen LogP contribution in [0.5, 0.6) is 0 Å². The number of aromatic nitrogens is 3. The predicted octanol–water partition coefficient (Wildman–Crippen LogP) is 2.06. The molecule has 2 aromatic rings. The number of aryl methyl sites for hydroxylation is 1. The van der Waals surface area contributed by atoms with Gasteiger partial charge in [0.25, 0.3) is 0 Å². The molecule has 2 aromatic heterocycles. The molecule has 1 fully saturated rings. The Morgan fingerprint density at radius 3 is 3.06 bits per heavy atom. The molecule has 1 aliphatic rings. The van der Waals surface area contributed by atoms with Crippen LogP contribution in [0, 0.1) is 6.92 Å². The van der Waals surface area contributed by atoms with Crippen molar-refractivity contribution in [3.05, 3.63) is 47.8 Å². The molecule has 0 amide bonds. The summed E-state index contributed by atoms with van der Waals surface area (Å²) < 4.78 is 2.22. The Labute approximate surface area is 107 Å².